The zero-order valence-electron chi connectivity index (χ0n) is 14.2. The van der Waals surface area contributed by atoms with Gasteiger partial charge in [0.2, 0.25) is 5.78 Å². The van der Waals surface area contributed by atoms with Crippen molar-refractivity contribution in [2.24, 2.45) is 0 Å². The van der Waals surface area contributed by atoms with Crippen LogP contribution in [-0.2, 0) is 11.2 Å². The van der Waals surface area contributed by atoms with Gasteiger partial charge in [-0.1, -0.05) is 25.1 Å². The number of ether oxygens (including phenoxy) is 2. The number of aryl methyl sites for hydroxylation is 1. The number of nitrogens with one attached hydrogen (secondary N) is 1. The van der Waals surface area contributed by atoms with Gasteiger partial charge >= 0.3 is 5.97 Å². The fourth-order valence-corrected chi connectivity index (χ4v) is 2.77. The average molecular weight is 337 g/mol. The van der Waals surface area contributed by atoms with Crippen LogP contribution in [0.3, 0.4) is 0 Å². The number of ketones is 1. The number of aromatic nitrogens is 1. The molecule has 25 heavy (non-hydrogen) atoms. The van der Waals surface area contributed by atoms with Crippen molar-refractivity contribution in [3.63, 3.8) is 0 Å². The summed E-state index contributed by atoms with van der Waals surface area (Å²) in [6, 6.07) is 12.4. The lowest BCUT2D eigenvalue weighted by Gasteiger charge is -2.06. The van der Waals surface area contributed by atoms with Crippen LogP contribution in [-0.4, -0.2) is 30.5 Å². The molecule has 1 aromatic heterocycles. The number of fused-ring (bicyclic) bond motifs is 1. The van der Waals surface area contributed by atoms with Gasteiger partial charge in [0.15, 0.2) is 6.61 Å². The fraction of sp³-hybridized carbons (Fsp3) is 0.200. The molecule has 0 bridgehead atoms. The number of Topliss-reactive ketones (excluding diaryl/α,β-unsaturated/α-hetero) is 1. The van der Waals surface area contributed by atoms with E-state index in [0.29, 0.717) is 16.9 Å². The molecule has 0 spiro atoms. The molecule has 0 amide bonds. The first kappa shape index (κ1) is 16.8. The molecule has 0 aliphatic rings. The van der Waals surface area contributed by atoms with Crippen LogP contribution in [0.4, 0.5) is 0 Å². The standard InChI is InChI=1S/C20H19NO4/c1-3-13-5-4-6-16-17(11-21-19(13)16)18(22)12-25-15-9-7-14(8-10-15)20(23)24-2/h4-11,21H,3,12H2,1-2H3. The molecule has 5 heteroatoms. The van der Waals surface area contributed by atoms with Gasteiger partial charge in [-0.25, -0.2) is 4.79 Å². The van der Waals surface area contributed by atoms with Gasteiger partial charge in [0.25, 0.3) is 0 Å². The highest BCUT2D eigenvalue weighted by atomic mass is 16.5. The van der Waals surface area contributed by atoms with Crippen LogP contribution < -0.4 is 4.74 Å². The number of H-pyrrole nitrogens is 1. The van der Waals surface area contributed by atoms with E-state index in [0.717, 1.165) is 17.3 Å². The highest BCUT2D eigenvalue weighted by molar-refractivity contribution is 6.09. The normalized spacial score (nSPS) is 10.6. The van der Waals surface area contributed by atoms with Crippen LogP contribution in [0, 0.1) is 0 Å². The van der Waals surface area contributed by atoms with E-state index in [2.05, 4.69) is 16.6 Å². The Morgan fingerprint density at radius 2 is 1.84 bits per heavy atom. The van der Waals surface area contributed by atoms with Crippen molar-refractivity contribution >= 4 is 22.7 Å². The van der Waals surface area contributed by atoms with Crippen molar-refractivity contribution < 1.29 is 19.1 Å². The van der Waals surface area contributed by atoms with Crippen LogP contribution in [0.15, 0.2) is 48.7 Å². The lowest BCUT2D eigenvalue weighted by Crippen LogP contribution is -2.11. The summed E-state index contributed by atoms with van der Waals surface area (Å²) in [7, 11) is 1.33. The van der Waals surface area contributed by atoms with Crippen molar-refractivity contribution in [3.05, 3.63) is 65.4 Å². The fourth-order valence-electron chi connectivity index (χ4n) is 2.77. The number of benzene rings is 2. The first-order chi connectivity index (χ1) is 12.1. The van der Waals surface area contributed by atoms with Gasteiger partial charge in [0.05, 0.1) is 12.7 Å². The molecule has 0 aliphatic heterocycles. The van der Waals surface area contributed by atoms with Gasteiger partial charge in [0.1, 0.15) is 5.75 Å². The Kier molecular flexibility index (Phi) is 4.84. The number of rotatable bonds is 6. The molecule has 0 radical (unpaired) electrons. The number of para-hydroxylation sites is 1. The van der Waals surface area contributed by atoms with E-state index in [4.69, 9.17) is 4.74 Å². The van der Waals surface area contributed by atoms with E-state index in [1.165, 1.54) is 12.7 Å². The molecular formula is C20H19NO4. The third kappa shape index (κ3) is 3.40. The Morgan fingerprint density at radius 1 is 1.08 bits per heavy atom. The number of methoxy groups -OCH3 is 1. The molecule has 128 valence electrons. The van der Waals surface area contributed by atoms with Gasteiger partial charge < -0.3 is 14.5 Å². The second-order valence-electron chi connectivity index (χ2n) is 5.62. The average Bonchev–Trinajstić information content (AvgIpc) is 3.10. The molecule has 5 nitrogen and oxygen atoms in total. The highest BCUT2D eigenvalue weighted by Crippen LogP contribution is 2.23. The molecule has 0 saturated heterocycles. The molecule has 1 N–H and O–H groups in total. The number of hydrogen-bond acceptors (Lipinski definition) is 4. The highest BCUT2D eigenvalue weighted by Gasteiger charge is 2.14. The molecular weight excluding hydrogens is 318 g/mol. The van der Waals surface area contributed by atoms with Gasteiger partial charge in [-0.2, -0.15) is 0 Å². The summed E-state index contributed by atoms with van der Waals surface area (Å²) in [6.07, 6.45) is 2.63. The Hall–Kier alpha value is -3.08. The summed E-state index contributed by atoms with van der Waals surface area (Å²) in [4.78, 5) is 27.1. The summed E-state index contributed by atoms with van der Waals surface area (Å²) in [5.74, 6) is 0.0137. The zero-order chi connectivity index (χ0) is 17.8. The minimum atomic E-state index is -0.409. The summed E-state index contributed by atoms with van der Waals surface area (Å²) < 4.78 is 10.2. The maximum absolute atomic E-state index is 12.5. The third-order valence-corrected chi connectivity index (χ3v) is 4.13. The van der Waals surface area contributed by atoms with E-state index in [9.17, 15) is 9.59 Å². The predicted molar refractivity (Wildman–Crippen MR) is 95.3 cm³/mol. The van der Waals surface area contributed by atoms with Crippen LogP contribution in [0.25, 0.3) is 10.9 Å². The van der Waals surface area contributed by atoms with Crippen molar-refractivity contribution in [3.8, 4) is 5.75 Å². The Labute approximate surface area is 145 Å². The number of aromatic amines is 1. The van der Waals surface area contributed by atoms with Gasteiger partial charge in [-0.3, -0.25) is 4.79 Å². The van der Waals surface area contributed by atoms with E-state index in [1.807, 2.05) is 18.2 Å². The molecule has 0 fully saturated rings. The Bertz CT molecular complexity index is 909. The van der Waals surface area contributed by atoms with Crippen molar-refractivity contribution in [1.29, 1.82) is 0 Å². The SMILES string of the molecule is CCc1cccc2c(C(=O)COc3ccc(C(=O)OC)cc3)c[nH]c12. The summed E-state index contributed by atoms with van der Waals surface area (Å²) in [6.45, 7) is 2.01. The van der Waals surface area contributed by atoms with Crippen LogP contribution in [0.5, 0.6) is 5.75 Å². The minimum absolute atomic E-state index is 0.0686. The first-order valence-electron chi connectivity index (χ1n) is 8.07. The number of esters is 1. The zero-order valence-corrected chi connectivity index (χ0v) is 14.2. The monoisotopic (exact) mass is 337 g/mol. The second kappa shape index (κ2) is 7.21. The maximum atomic E-state index is 12.5. The Morgan fingerprint density at radius 3 is 2.52 bits per heavy atom. The molecule has 0 saturated carbocycles. The van der Waals surface area contributed by atoms with Crippen molar-refractivity contribution in [2.75, 3.05) is 13.7 Å². The van der Waals surface area contributed by atoms with Crippen LogP contribution >= 0.6 is 0 Å². The second-order valence-corrected chi connectivity index (χ2v) is 5.62. The molecule has 3 rings (SSSR count). The van der Waals surface area contributed by atoms with Crippen molar-refractivity contribution in [2.45, 2.75) is 13.3 Å². The van der Waals surface area contributed by atoms with Gasteiger partial charge in [-0.15, -0.1) is 0 Å². The molecule has 1 heterocycles. The molecule has 0 atom stereocenters. The smallest absolute Gasteiger partial charge is 0.337 e. The minimum Gasteiger partial charge on any atom is -0.485 e. The summed E-state index contributed by atoms with van der Waals surface area (Å²) in [5.41, 5.74) is 3.23. The lowest BCUT2D eigenvalue weighted by atomic mass is 10.1. The predicted octanol–water partition coefficient (Wildman–Crippen LogP) is 3.78. The molecule has 0 aliphatic carbocycles. The first-order valence-corrected chi connectivity index (χ1v) is 8.07. The molecule has 0 unspecified atom stereocenters. The molecule has 3 aromatic rings. The number of hydrogen-bond donors (Lipinski definition) is 1. The quantitative estimate of drug-likeness (QED) is 0.549. The largest absolute Gasteiger partial charge is 0.485 e. The maximum Gasteiger partial charge on any atom is 0.337 e. The van der Waals surface area contributed by atoms with E-state index >= 15 is 0 Å². The summed E-state index contributed by atoms with van der Waals surface area (Å²) in [5, 5.41) is 0.911. The van der Waals surface area contributed by atoms with E-state index in [-0.39, 0.29) is 12.4 Å². The molecule has 2 aromatic carbocycles. The van der Waals surface area contributed by atoms with E-state index < -0.39 is 5.97 Å². The van der Waals surface area contributed by atoms with Gasteiger partial charge in [-0.05, 0) is 36.2 Å². The van der Waals surface area contributed by atoms with E-state index in [1.54, 1.807) is 30.5 Å². The summed E-state index contributed by atoms with van der Waals surface area (Å²) >= 11 is 0. The van der Waals surface area contributed by atoms with Crippen molar-refractivity contribution in [1.82, 2.24) is 4.98 Å². The third-order valence-electron chi connectivity index (χ3n) is 4.13. The number of carbonyl (C=O) groups is 2. The topological polar surface area (TPSA) is 68.4 Å². The number of carbonyl (C=O) groups excluding carboxylic acids is 2. The lowest BCUT2D eigenvalue weighted by molar-refractivity contribution is 0.0600. The Balaban J connectivity index is 1.72. The van der Waals surface area contributed by atoms with Gasteiger partial charge in [0, 0.05) is 22.7 Å². The van der Waals surface area contributed by atoms with Crippen LogP contribution in [0.2, 0.25) is 0 Å². The van der Waals surface area contributed by atoms with Crippen LogP contribution in [0.1, 0.15) is 33.2 Å².